The molecule has 1 saturated carbocycles. The van der Waals surface area contributed by atoms with Gasteiger partial charge in [0, 0.05) is 49.0 Å². The van der Waals surface area contributed by atoms with Crippen molar-refractivity contribution in [2.75, 3.05) is 45.9 Å². The van der Waals surface area contributed by atoms with Crippen molar-refractivity contribution in [2.45, 2.75) is 25.7 Å². The van der Waals surface area contributed by atoms with Gasteiger partial charge in [0.05, 0.1) is 13.2 Å². The number of aromatic amines is 1. The SMILES string of the molecule is O=C(c1cc2ccccc2[nH]1)N1CCCC2(COCCN(CC3CC3)C2)C1. The Morgan fingerprint density at radius 2 is 2.11 bits per heavy atom. The number of amides is 1. The summed E-state index contributed by atoms with van der Waals surface area (Å²) in [4.78, 5) is 21.1. The topological polar surface area (TPSA) is 48.6 Å². The molecule has 1 aromatic heterocycles. The largest absolute Gasteiger partial charge is 0.379 e. The minimum atomic E-state index is 0.0886. The van der Waals surface area contributed by atoms with Gasteiger partial charge in [-0.3, -0.25) is 4.79 Å². The maximum Gasteiger partial charge on any atom is 0.270 e. The smallest absolute Gasteiger partial charge is 0.270 e. The molecule has 2 aliphatic heterocycles. The van der Waals surface area contributed by atoms with E-state index in [2.05, 4.69) is 20.9 Å². The van der Waals surface area contributed by atoms with Gasteiger partial charge in [0.25, 0.3) is 5.91 Å². The van der Waals surface area contributed by atoms with Crippen LogP contribution in [-0.2, 0) is 4.74 Å². The zero-order chi connectivity index (χ0) is 18.3. The maximum absolute atomic E-state index is 13.2. The van der Waals surface area contributed by atoms with Crippen LogP contribution in [0.25, 0.3) is 10.9 Å². The van der Waals surface area contributed by atoms with Gasteiger partial charge in [-0.1, -0.05) is 18.2 Å². The number of hydrogen-bond donors (Lipinski definition) is 1. The lowest BCUT2D eigenvalue weighted by molar-refractivity contribution is 0.00698. The summed E-state index contributed by atoms with van der Waals surface area (Å²) in [5.74, 6) is 1.02. The third-order valence-corrected chi connectivity index (χ3v) is 6.44. The second kappa shape index (κ2) is 6.95. The third kappa shape index (κ3) is 3.63. The number of nitrogens with one attached hydrogen (secondary N) is 1. The first-order chi connectivity index (χ1) is 13.2. The number of nitrogens with zero attached hydrogens (tertiary/aromatic N) is 2. The molecule has 1 aliphatic carbocycles. The minimum Gasteiger partial charge on any atom is -0.379 e. The first kappa shape index (κ1) is 17.3. The van der Waals surface area contributed by atoms with E-state index in [1.165, 1.54) is 19.4 Å². The number of piperidine rings is 1. The fraction of sp³-hybridized carbons (Fsp3) is 0.591. The zero-order valence-corrected chi connectivity index (χ0v) is 16.0. The van der Waals surface area contributed by atoms with E-state index in [9.17, 15) is 4.79 Å². The first-order valence-electron chi connectivity index (χ1n) is 10.4. The first-order valence-corrected chi connectivity index (χ1v) is 10.4. The fourth-order valence-corrected chi connectivity index (χ4v) is 4.89. The Balaban J connectivity index is 1.33. The molecular weight excluding hydrogens is 338 g/mol. The molecule has 2 saturated heterocycles. The number of likely N-dealkylation sites (tertiary alicyclic amines) is 1. The van der Waals surface area contributed by atoms with E-state index in [1.54, 1.807) is 0 Å². The summed E-state index contributed by atoms with van der Waals surface area (Å²) in [6.07, 6.45) is 4.99. The summed E-state index contributed by atoms with van der Waals surface area (Å²) in [6.45, 7) is 6.57. The molecule has 1 spiro atoms. The fourth-order valence-electron chi connectivity index (χ4n) is 4.89. The third-order valence-electron chi connectivity index (χ3n) is 6.44. The number of para-hydroxylation sites is 1. The predicted octanol–water partition coefficient (Wildman–Crippen LogP) is 3.13. The van der Waals surface area contributed by atoms with Gasteiger partial charge in [-0.2, -0.15) is 0 Å². The lowest BCUT2D eigenvalue weighted by Gasteiger charge is -2.43. The molecule has 5 heteroatoms. The van der Waals surface area contributed by atoms with E-state index in [1.807, 2.05) is 24.3 Å². The van der Waals surface area contributed by atoms with E-state index in [4.69, 9.17) is 4.74 Å². The van der Waals surface area contributed by atoms with Crippen LogP contribution in [0.15, 0.2) is 30.3 Å². The van der Waals surface area contributed by atoms with Gasteiger partial charge in [-0.05, 0) is 43.7 Å². The van der Waals surface area contributed by atoms with Gasteiger partial charge in [-0.15, -0.1) is 0 Å². The Kier molecular flexibility index (Phi) is 4.44. The van der Waals surface area contributed by atoms with Crippen molar-refractivity contribution >= 4 is 16.8 Å². The summed E-state index contributed by atoms with van der Waals surface area (Å²) in [5, 5.41) is 1.10. The number of carbonyl (C=O) groups is 1. The molecule has 3 heterocycles. The highest BCUT2D eigenvalue weighted by Crippen LogP contribution is 2.36. The Bertz CT molecular complexity index is 795. The normalized spacial score (nSPS) is 27.2. The van der Waals surface area contributed by atoms with E-state index >= 15 is 0 Å². The lowest BCUT2D eigenvalue weighted by Crippen LogP contribution is -2.52. The maximum atomic E-state index is 13.2. The Hall–Kier alpha value is -1.85. The number of aromatic nitrogens is 1. The van der Waals surface area contributed by atoms with Crippen molar-refractivity contribution in [3.05, 3.63) is 36.0 Å². The summed E-state index contributed by atoms with van der Waals surface area (Å²) in [6, 6.07) is 10.1. The van der Waals surface area contributed by atoms with Crippen molar-refractivity contribution in [3.8, 4) is 0 Å². The molecule has 0 radical (unpaired) electrons. The molecule has 27 heavy (non-hydrogen) atoms. The standard InChI is InChI=1S/C22H29N3O2/c26-21(20-12-18-4-1-2-5-19(18)23-20)25-9-3-8-22(15-25)14-24(10-11-27-16-22)13-17-6-7-17/h1-2,4-5,12,17,23H,3,6-11,13-16H2. The van der Waals surface area contributed by atoms with Crippen molar-refractivity contribution in [1.82, 2.24) is 14.8 Å². The second-order valence-corrected chi connectivity index (χ2v) is 8.83. The Labute approximate surface area is 160 Å². The number of H-pyrrole nitrogens is 1. The Morgan fingerprint density at radius 1 is 1.22 bits per heavy atom. The van der Waals surface area contributed by atoms with Crippen LogP contribution < -0.4 is 0 Å². The molecule has 144 valence electrons. The van der Waals surface area contributed by atoms with Crippen LogP contribution in [0.1, 0.15) is 36.2 Å². The number of hydrogen-bond acceptors (Lipinski definition) is 3. The van der Waals surface area contributed by atoms with Crippen LogP contribution in [0.5, 0.6) is 0 Å². The molecule has 1 atom stereocenters. The molecule has 5 rings (SSSR count). The predicted molar refractivity (Wildman–Crippen MR) is 106 cm³/mol. The molecular formula is C22H29N3O2. The molecule has 3 fully saturated rings. The van der Waals surface area contributed by atoms with Crippen LogP contribution in [0.2, 0.25) is 0 Å². The van der Waals surface area contributed by atoms with Crippen molar-refractivity contribution in [1.29, 1.82) is 0 Å². The molecule has 2 aromatic rings. The number of ether oxygens (including phenoxy) is 1. The summed E-state index contributed by atoms with van der Waals surface area (Å²) >= 11 is 0. The molecule has 1 N–H and O–H groups in total. The average molecular weight is 367 g/mol. The van der Waals surface area contributed by atoms with E-state index < -0.39 is 0 Å². The van der Waals surface area contributed by atoms with E-state index in [0.29, 0.717) is 5.69 Å². The highest BCUT2D eigenvalue weighted by molar-refractivity contribution is 5.98. The number of fused-ring (bicyclic) bond motifs is 1. The van der Waals surface area contributed by atoms with Gasteiger partial charge < -0.3 is 19.5 Å². The molecule has 1 aromatic carbocycles. The lowest BCUT2D eigenvalue weighted by atomic mass is 9.80. The van der Waals surface area contributed by atoms with Gasteiger partial charge in [-0.25, -0.2) is 0 Å². The van der Waals surface area contributed by atoms with Gasteiger partial charge in [0.1, 0.15) is 5.69 Å². The van der Waals surface area contributed by atoms with Crippen LogP contribution in [-0.4, -0.2) is 66.6 Å². The summed E-state index contributed by atoms with van der Waals surface area (Å²) in [5.41, 5.74) is 1.82. The van der Waals surface area contributed by atoms with E-state index in [0.717, 1.165) is 69.1 Å². The number of rotatable bonds is 3. The van der Waals surface area contributed by atoms with Gasteiger partial charge in [0.2, 0.25) is 0 Å². The quantitative estimate of drug-likeness (QED) is 0.907. The Morgan fingerprint density at radius 3 is 2.96 bits per heavy atom. The highest BCUT2D eigenvalue weighted by Gasteiger charge is 2.41. The molecule has 1 unspecified atom stereocenters. The summed E-state index contributed by atoms with van der Waals surface area (Å²) in [7, 11) is 0. The number of benzene rings is 1. The second-order valence-electron chi connectivity index (χ2n) is 8.83. The molecule has 0 bridgehead atoms. The van der Waals surface area contributed by atoms with Crippen molar-refractivity contribution in [3.63, 3.8) is 0 Å². The minimum absolute atomic E-state index is 0.0886. The molecule has 3 aliphatic rings. The number of carbonyl (C=O) groups excluding carboxylic acids is 1. The van der Waals surface area contributed by atoms with Gasteiger partial charge >= 0.3 is 0 Å². The average Bonchev–Trinajstić information content (AvgIpc) is 3.42. The van der Waals surface area contributed by atoms with Crippen LogP contribution in [0.4, 0.5) is 0 Å². The van der Waals surface area contributed by atoms with E-state index in [-0.39, 0.29) is 11.3 Å². The molecule has 5 nitrogen and oxygen atoms in total. The van der Waals surface area contributed by atoms with Crippen LogP contribution in [0, 0.1) is 11.3 Å². The monoisotopic (exact) mass is 367 g/mol. The van der Waals surface area contributed by atoms with Gasteiger partial charge in [0.15, 0.2) is 0 Å². The van der Waals surface area contributed by atoms with Crippen molar-refractivity contribution in [2.24, 2.45) is 11.3 Å². The molecule has 1 amide bonds. The van der Waals surface area contributed by atoms with Crippen LogP contribution >= 0.6 is 0 Å². The highest BCUT2D eigenvalue weighted by atomic mass is 16.5. The van der Waals surface area contributed by atoms with Crippen LogP contribution in [0.3, 0.4) is 0 Å². The van der Waals surface area contributed by atoms with Crippen molar-refractivity contribution < 1.29 is 9.53 Å². The summed E-state index contributed by atoms with van der Waals surface area (Å²) < 4.78 is 6.01. The zero-order valence-electron chi connectivity index (χ0n) is 16.0.